The Morgan fingerprint density at radius 1 is 1.60 bits per heavy atom. The van der Waals surface area contributed by atoms with E-state index >= 15 is 0 Å². The molecule has 88 valence electrons. The van der Waals surface area contributed by atoms with Gasteiger partial charge in [0, 0.05) is 20.1 Å². The van der Waals surface area contributed by atoms with Gasteiger partial charge in [0.1, 0.15) is 0 Å². The van der Waals surface area contributed by atoms with Crippen LogP contribution in [0.5, 0.6) is 0 Å². The molecular weight excluding hydrogens is 194 g/mol. The molecule has 0 aromatic heterocycles. The molecule has 0 spiro atoms. The molecule has 1 amide bonds. The van der Waals surface area contributed by atoms with Crippen molar-refractivity contribution in [2.75, 3.05) is 20.3 Å². The molecule has 0 saturated heterocycles. The fourth-order valence-electron chi connectivity index (χ4n) is 1.48. The summed E-state index contributed by atoms with van der Waals surface area (Å²) in [7, 11) is 1.55. The second-order valence-corrected chi connectivity index (χ2v) is 4.23. The number of carbonyl (C=O) groups excluding carboxylic acids is 1. The van der Waals surface area contributed by atoms with E-state index in [1.165, 1.54) is 12.8 Å². The summed E-state index contributed by atoms with van der Waals surface area (Å²) < 4.78 is 4.79. The summed E-state index contributed by atoms with van der Waals surface area (Å²) in [5, 5.41) is 12.1. The molecule has 2 N–H and O–H groups in total. The van der Waals surface area contributed by atoms with Crippen LogP contribution in [0.3, 0.4) is 0 Å². The minimum Gasteiger partial charge on any atom is -0.391 e. The van der Waals surface area contributed by atoms with Crippen LogP contribution >= 0.6 is 0 Å². The zero-order valence-electron chi connectivity index (χ0n) is 9.37. The van der Waals surface area contributed by atoms with E-state index in [0.29, 0.717) is 26.0 Å². The van der Waals surface area contributed by atoms with Gasteiger partial charge in [-0.2, -0.15) is 0 Å². The van der Waals surface area contributed by atoms with Gasteiger partial charge in [-0.1, -0.05) is 12.8 Å². The maximum absolute atomic E-state index is 11.3. The maximum atomic E-state index is 11.3. The van der Waals surface area contributed by atoms with Gasteiger partial charge in [-0.15, -0.1) is 0 Å². The van der Waals surface area contributed by atoms with Gasteiger partial charge in [0.2, 0.25) is 5.91 Å². The third-order valence-corrected chi connectivity index (χ3v) is 2.64. The van der Waals surface area contributed by atoms with E-state index in [9.17, 15) is 9.90 Å². The molecule has 0 aliphatic heterocycles. The lowest BCUT2D eigenvalue weighted by atomic mass is 10.2. The van der Waals surface area contributed by atoms with Crippen LogP contribution in [0.1, 0.15) is 32.1 Å². The number of methoxy groups -OCH3 is 1. The van der Waals surface area contributed by atoms with Crippen molar-refractivity contribution in [3.05, 3.63) is 0 Å². The summed E-state index contributed by atoms with van der Waals surface area (Å²) in [6.07, 6.45) is 4.32. The number of ether oxygens (including phenoxy) is 1. The third-order valence-electron chi connectivity index (χ3n) is 2.64. The number of hydrogen-bond donors (Lipinski definition) is 2. The highest BCUT2D eigenvalue weighted by molar-refractivity contribution is 5.75. The van der Waals surface area contributed by atoms with Gasteiger partial charge in [-0.05, 0) is 18.8 Å². The predicted octanol–water partition coefficient (Wildman–Crippen LogP) is 0.690. The number of nitrogens with one attached hydrogen (secondary N) is 1. The summed E-state index contributed by atoms with van der Waals surface area (Å²) in [5.74, 6) is 0.904. The first-order valence-corrected chi connectivity index (χ1v) is 5.66. The molecule has 0 aromatic carbocycles. The minimum atomic E-state index is -0.473. The Bertz CT molecular complexity index is 192. The Morgan fingerprint density at radius 3 is 2.93 bits per heavy atom. The SMILES string of the molecule is COCC(O)CCNC(=O)CCC1CC1. The quantitative estimate of drug-likeness (QED) is 0.626. The van der Waals surface area contributed by atoms with E-state index in [1.807, 2.05) is 0 Å². The van der Waals surface area contributed by atoms with E-state index in [-0.39, 0.29) is 5.91 Å². The molecule has 1 aliphatic rings. The largest absolute Gasteiger partial charge is 0.391 e. The van der Waals surface area contributed by atoms with Crippen molar-refractivity contribution in [3.8, 4) is 0 Å². The molecule has 1 aliphatic carbocycles. The van der Waals surface area contributed by atoms with Gasteiger partial charge >= 0.3 is 0 Å². The van der Waals surface area contributed by atoms with Crippen molar-refractivity contribution in [3.63, 3.8) is 0 Å². The van der Waals surface area contributed by atoms with Crippen LogP contribution < -0.4 is 5.32 Å². The van der Waals surface area contributed by atoms with Crippen LogP contribution in [-0.4, -0.2) is 37.4 Å². The molecular formula is C11H21NO3. The molecule has 0 heterocycles. The number of aliphatic hydroxyl groups excluding tert-OH is 1. The van der Waals surface area contributed by atoms with Crippen LogP contribution in [0.25, 0.3) is 0 Å². The smallest absolute Gasteiger partial charge is 0.220 e. The van der Waals surface area contributed by atoms with Gasteiger partial charge in [-0.25, -0.2) is 0 Å². The number of carbonyl (C=O) groups is 1. The third kappa shape index (κ3) is 6.47. The first-order valence-electron chi connectivity index (χ1n) is 5.66. The molecule has 1 atom stereocenters. The van der Waals surface area contributed by atoms with Gasteiger partial charge in [0.25, 0.3) is 0 Å². The summed E-state index contributed by atoms with van der Waals surface area (Å²) >= 11 is 0. The zero-order chi connectivity index (χ0) is 11.1. The van der Waals surface area contributed by atoms with Crippen molar-refractivity contribution in [1.82, 2.24) is 5.32 Å². The number of hydrogen-bond acceptors (Lipinski definition) is 3. The summed E-state index contributed by atoms with van der Waals surface area (Å²) in [6, 6.07) is 0. The monoisotopic (exact) mass is 215 g/mol. The Hall–Kier alpha value is -0.610. The minimum absolute atomic E-state index is 0.103. The van der Waals surface area contributed by atoms with Crippen molar-refractivity contribution in [2.24, 2.45) is 5.92 Å². The standard InChI is InChI=1S/C11H21NO3/c1-15-8-10(13)6-7-12-11(14)5-4-9-2-3-9/h9-10,13H,2-8H2,1H3,(H,12,14). The summed E-state index contributed by atoms with van der Waals surface area (Å²) in [6.45, 7) is 0.867. The van der Waals surface area contributed by atoms with Crippen LogP contribution in [0, 0.1) is 5.92 Å². The Morgan fingerprint density at radius 2 is 2.33 bits per heavy atom. The van der Waals surface area contributed by atoms with Crippen LogP contribution in [0.4, 0.5) is 0 Å². The zero-order valence-corrected chi connectivity index (χ0v) is 9.37. The molecule has 1 saturated carbocycles. The second-order valence-electron chi connectivity index (χ2n) is 4.23. The molecule has 0 aromatic rings. The first-order chi connectivity index (χ1) is 7.22. The average Bonchev–Trinajstić information content (AvgIpc) is 2.98. The van der Waals surface area contributed by atoms with Gasteiger partial charge < -0.3 is 15.2 Å². The highest BCUT2D eigenvalue weighted by atomic mass is 16.5. The van der Waals surface area contributed by atoms with E-state index in [4.69, 9.17) is 4.74 Å². The molecule has 4 nitrogen and oxygen atoms in total. The molecule has 15 heavy (non-hydrogen) atoms. The van der Waals surface area contributed by atoms with Crippen LogP contribution in [0.2, 0.25) is 0 Å². The Kier molecular flexibility index (Phi) is 5.65. The molecule has 0 bridgehead atoms. The lowest BCUT2D eigenvalue weighted by molar-refractivity contribution is -0.121. The maximum Gasteiger partial charge on any atom is 0.220 e. The summed E-state index contributed by atoms with van der Waals surface area (Å²) in [5.41, 5.74) is 0. The van der Waals surface area contributed by atoms with Gasteiger partial charge in [0.15, 0.2) is 0 Å². The molecule has 4 heteroatoms. The van der Waals surface area contributed by atoms with Crippen LogP contribution in [0.15, 0.2) is 0 Å². The highest BCUT2D eigenvalue weighted by Gasteiger charge is 2.21. The van der Waals surface area contributed by atoms with Gasteiger partial charge in [0.05, 0.1) is 12.7 Å². The predicted molar refractivity (Wildman–Crippen MR) is 57.5 cm³/mol. The lowest BCUT2D eigenvalue weighted by Crippen LogP contribution is -2.28. The van der Waals surface area contributed by atoms with E-state index in [2.05, 4.69) is 5.32 Å². The normalized spacial score (nSPS) is 17.5. The highest BCUT2D eigenvalue weighted by Crippen LogP contribution is 2.33. The molecule has 1 rings (SSSR count). The molecule has 0 radical (unpaired) electrons. The van der Waals surface area contributed by atoms with Crippen LogP contribution in [-0.2, 0) is 9.53 Å². The fraction of sp³-hybridized carbons (Fsp3) is 0.909. The number of rotatable bonds is 8. The average molecular weight is 215 g/mol. The van der Waals surface area contributed by atoms with E-state index in [1.54, 1.807) is 7.11 Å². The topological polar surface area (TPSA) is 58.6 Å². The van der Waals surface area contributed by atoms with Crippen molar-refractivity contribution < 1.29 is 14.6 Å². The van der Waals surface area contributed by atoms with E-state index in [0.717, 1.165) is 12.3 Å². The molecule has 1 unspecified atom stereocenters. The molecule has 1 fully saturated rings. The fourth-order valence-corrected chi connectivity index (χ4v) is 1.48. The van der Waals surface area contributed by atoms with Crippen molar-refractivity contribution in [2.45, 2.75) is 38.2 Å². The second kappa shape index (κ2) is 6.80. The van der Waals surface area contributed by atoms with Crippen molar-refractivity contribution >= 4 is 5.91 Å². The number of aliphatic hydroxyl groups is 1. The first kappa shape index (κ1) is 12.5. The van der Waals surface area contributed by atoms with E-state index < -0.39 is 6.10 Å². The Balaban J connectivity index is 1.91. The van der Waals surface area contributed by atoms with Crippen molar-refractivity contribution in [1.29, 1.82) is 0 Å². The number of amides is 1. The van der Waals surface area contributed by atoms with Gasteiger partial charge in [-0.3, -0.25) is 4.79 Å². The Labute approximate surface area is 91.0 Å². The summed E-state index contributed by atoms with van der Waals surface area (Å²) in [4.78, 5) is 11.3. The lowest BCUT2D eigenvalue weighted by Gasteiger charge is -2.09.